The van der Waals surface area contributed by atoms with E-state index in [2.05, 4.69) is 4.90 Å². The molecular formula is C20H23NO3. The number of Topliss-reactive ketones (excluding diaryl/α,β-unsaturated/α-hetero) is 3. The van der Waals surface area contributed by atoms with Crippen molar-refractivity contribution in [1.29, 1.82) is 0 Å². The van der Waals surface area contributed by atoms with E-state index < -0.39 is 0 Å². The van der Waals surface area contributed by atoms with Crippen LogP contribution in [0.25, 0.3) is 0 Å². The lowest BCUT2D eigenvalue weighted by Crippen LogP contribution is -2.37. The van der Waals surface area contributed by atoms with Gasteiger partial charge in [-0.15, -0.1) is 0 Å². The van der Waals surface area contributed by atoms with Crippen LogP contribution in [0.4, 0.5) is 0 Å². The molecule has 0 spiro atoms. The van der Waals surface area contributed by atoms with Gasteiger partial charge in [0.25, 0.3) is 0 Å². The lowest BCUT2D eigenvalue weighted by atomic mass is 9.67. The van der Waals surface area contributed by atoms with Crippen LogP contribution in [0.2, 0.25) is 0 Å². The number of hydrogen-bond acceptors (Lipinski definition) is 4. The third kappa shape index (κ3) is 2.75. The molecule has 0 amide bonds. The minimum Gasteiger partial charge on any atom is -0.309 e. The van der Waals surface area contributed by atoms with Crippen LogP contribution in [0.15, 0.2) is 35.4 Å². The van der Waals surface area contributed by atoms with Crippen LogP contribution >= 0.6 is 0 Å². The van der Waals surface area contributed by atoms with Crippen LogP contribution < -0.4 is 0 Å². The maximum atomic E-state index is 13.0. The van der Waals surface area contributed by atoms with Gasteiger partial charge >= 0.3 is 0 Å². The SMILES string of the molecule is CC1C(=O)CC2=C(C(=O)c3ccccc3C2=O)C1CCCN(C)C. The fourth-order valence-electron chi connectivity index (χ4n) is 3.85. The van der Waals surface area contributed by atoms with E-state index in [1.54, 1.807) is 24.3 Å². The summed E-state index contributed by atoms with van der Waals surface area (Å²) < 4.78 is 0. The van der Waals surface area contributed by atoms with E-state index in [-0.39, 0.29) is 35.6 Å². The van der Waals surface area contributed by atoms with Crippen molar-refractivity contribution in [2.45, 2.75) is 26.2 Å². The highest BCUT2D eigenvalue weighted by molar-refractivity contribution is 6.28. The molecule has 2 aliphatic rings. The molecule has 0 saturated carbocycles. The first-order chi connectivity index (χ1) is 11.4. The molecule has 2 atom stereocenters. The standard InChI is InChI=1S/C20H23NO3/c1-12-13(9-6-10-21(2)3)18-16(11-17(12)22)19(23)14-7-4-5-8-15(14)20(18)24/h4-5,7-8,12-13H,6,9-11H2,1-3H3. The summed E-state index contributed by atoms with van der Waals surface area (Å²) >= 11 is 0. The molecule has 0 saturated heterocycles. The van der Waals surface area contributed by atoms with E-state index in [0.717, 1.165) is 19.4 Å². The fourth-order valence-corrected chi connectivity index (χ4v) is 3.85. The van der Waals surface area contributed by atoms with Crippen molar-refractivity contribution < 1.29 is 14.4 Å². The zero-order chi connectivity index (χ0) is 17.4. The Morgan fingerprint density at radius 2 is 1.67 bits per heavy atom. The summed E-state index contributed by atoms with van der Waals surface area (Å²) in [5.74, 6) is -0.476. The lowest BCUT2D eigenvalue weighted by molar-refractivity contribution is -0.123. The van der Waals surface area contributed by atoms with E-state index >= 15 is 0 Å². The second-order valence-electron chi connectivity index (χ2n) is 7.08. The minimum atomic E-state index is -0.201. The van der Waals surface area contributed by atoms with Gasteiger partial charge in [-0.3, -0.25) is 14.4 Å². The second-order valence-corrected chi connectivity index (χ2v) is 7.08. The van der Waals surface area contributed by atoms with Gasteiger partial charge in [-0.05, 0) is 39.4 Å². The maximum Gasteiger partial charge on any atom is 0.190 e. The van der Waals surface area contributed by atoms with Gasteiger partial charge in [0.05, 0.1) is 0 Å². The number of carbonyl (C=O) groups is 3. The molecule has 0 aromatic heterocycles. The van der Waals surface area contributed by atoms with Crippen LogP contribution in [0.1, 0.15) is 46.9 Å². The van der Waals surface area contributed by atoms with Gasteiger partial charge in [0, 0.05) is 34.6 Å². The Morgan fingerprint density at radius 3 is 2.29 bits per heavy atom. The molecule has 0 heterocycles. The van der Waals surface area contributed by atoms with Crippen LogP contribution in [-0.2, 0) is 4.79 Å². The number of rotatable bonds is 4. The summed E-state index contributed by atoms with van der Waals surface area (Å²) in [5, 5.41) is 0. The molecule has 2 aliphatic carbocycles. The summed E-state index contributed by atoms with van der Waals surface area (Å²) in [6, 6.07) is 6.95. The Bertz CT molecular complexity index is 745. The van der Waals surface area contributed by atoms with Crippen molar-refractivity contribution in [3.05, 3.63) is 46.5 Å². The van der Waals surface area contributed by atoms with Gasteiger partial charge in [-0.25, -0.2) is 0 Å². The summed E-state index contributed by atoms with van der Waals surface area (Å²) in [6.07, 6.45) is 1.75. The highest BCUT2D eigenvalue weighted by Gasteiger charge is 2.43. The van der Waals surface area contributed by atoms with Crippen LogP contribution in [0.3, 0.4) is 0 Å². The van der Waals surface area contributed by atoms with E-state index in [9.17, 15) is 14.4 Å². The summed E-state index contributed by atoms with van der Waals surface area (Å²) in [4.78, 5) is 40.3. The van der Waals surface area contributed by atoms with Crippen LogP contribution in [0.5, 0.6) is 0 Å². The summed E-state index contributed by atoms with van der Waals surface area (Å²) in [5.41, 5.74) is 1.97. The van der Waals surface area contributed by atoms with Gasteiger partial charge in [0.2, 0.25) is 0 Å². The third-order valence-corrected chi connectivity index (χ3v) is 5.21. The predicted octanol–water partition coefficient (Wildman–Crippen LogP) is 2.93. The molecule has 0 bridgehead atoms. The van der Waals surface area contributed by atoms with E-state index in [1.807, 2.05) is 21.0 Å². The molecule has 24 heavy (non-hydrogen) atoms. The molecule has 1 aromatic rings. The molecule has 0 radical (unpaired) electrons. The number of benzene rings is 1. The highest BCUT2D eigenvalue weighted by Crippen LogP contribution is 2.41. The summed E-state index contributed by atoms with van der Waals surface area (Å²) in [7, 11) is 4.01. The van der Waals surface area contributed by atoms with Gasteiger partial charge in [0.1, 0.15) is 5.78 Å². The Morgan fingerprint density at radius 1 is 1.04 bits per heavy atom. The third-order valence-electron chi connectivity index (χ3n) is 5.21. The smallest absolute Gasteiger partial charge is 0.190 e. The zero-order valence-corrected chi connectivity index (χ0v) is 14.5. The molecule has 2 unspecified atom stereocenters. The van der Waals surface area contributed by atoms with E-state index in [4.69, 9.17) is 0 Å². The number of carbonyl (C=O) groups excluding carboxylic acids is 3. The van der Waals surface area contributed by atoms with Gasteiger partial charge < -0.3 is 4.90 Å². The van der Waals surface area contributed by atoms with Crippen molar-refractivity contribution in [1.82, 2.24) is 4.90 Å². The van der Waals surface area contributed by atoms with E-state index in [1.165, 1.54) is 0 Å². The maximum absolute atomic E-state index is 13.0. The summed E-state index contributed by atoms with van der Waals surface area (Å²) in [6.45, 7) is 2.80. The first-order valence-corrected chi connectivity index (χ1v) is 8.50. The first kappa shape index (κ1) is 16.8. The Kier molecular flexibility index (Phi) is 4.50. The Balaban J connectivity index is 2.01. The lowest BCUT2D eigenvalue weighted by Gasteiger charge is -2.34. The predicted molar refractivity (Wildman–Crippen MR) is 92.2 cm³/mol. The molecule has 126 valence electrons. The molecule has 4 heteroatoms. The molecule has 0 fully saturated rings. The molecule has 3 rings (SSSR count). The number of ketones is 3. The van der Waals surface area contributed by atoms with Crippen LogP contribution in [0, 0.1) is 11.8 Å². The van der Waals surface area contributed by atoms with Crippen molar-refractivity contribution in [3.63, 3.8) is 0 Å². The topological polar surface area (TPSA) is 54.5 Å². The highest BCUT2D eigenvalue weighted by atomic mass is 16.1. The molecule has 4 nitrogen and oxygen atoms in total. The Hall–Kier alpha value is -2.07. The second kappa shape index (κ2) is 6.44. The number of nitrogens with zero attached hydrogens (tertiary/aromatic N) is 1. The minimum absolute atomic E-state index is 0.0607. The van der Waals surface area contributed by atoms with Gasteiger partial charge in [-0.1, -0.05) is 31.2 Å². The number of hydrogen-bond donors (Lipinski definition) is 0. The molecule has 1 aromatic carbocycles. The largest absolute Gasteiger partial charge is 0.309 e. The number of allylic oxidation sites excluding steroid dienone is 2. The average Bonchev–Trinajstić information content (AvgIpc) is 2.56. The zero-order valence-electron chi connectivity index (χ0n) is 14.5. The monoisotopic (exact) mass is 325 g/mol. The van der Waals surface area contributed by atoms with Crippen molar-refractivity contribution in [3.8, 4) is 0 Å². The van der Waals surface area contributed by atoms with Crippen molar-refractivity contribution >= 4 is 17.3 Å². The molecular weight excluding hydrogens is 302 g/mol. The fraction of sp³-hybridized carbons (Fsp3) is 0.450. The van der Waals surface area contributed by atoms with Gasteiger partial charge in [0.15, 0.2) is 11.6 Å². The Labute approximate surface area is 142 Å². The molecule has 0 N–H and O–H groups in total. The normalized spacial score (nSPS) is 23.6. The van der Waals surface area contributed by atoms with E-state index in [0.29, 0.717) is 22.3 Å². The van der Waals surface area contributed by atoms with Gasteiger partial charge in [-0.2, -0.15) is 0 Å². The average molecular weight is 325 g/mol. The first-order valence-electron chi connectivity index (χ1n) is 8.50. The molecule has 0 aliphatic heterocycles. The van der Waals surface area contributed by atoms with Crippen LogP contribution in [-0.4, -0.2) is 42.9 Å². The van der Waals surface area contributed by atoms with Crippen molar-refractivity contribution in [2.24, 2.45) is 11.8 Å². The van der Waals surface area contributed by atoms with Crippen molar-refractivity contribution in [2.75, 3.05) is 20.6 Å². The number of fused-ring (bicyclic) bond motifs is 1. The quantitative estimate of drug-likeness (QED) is 0.854.